The summed E-state index contributed by atoms with van der Waals surface area (Å²) in [5.74, 6) is 0.0532. The van der Waals surface area contributed by atoms with Crippen LogP contribution in [0.1, 0.15) is 37.9 Å². The van der Waals surface area contributed by atoms with Crippen molar-refractivity contribution in [1.82, 2.24) is 20.4 Å². The Morgan fingerprint density at radius 1 is 1.56 bits per heavy atom. The average Bonchev–Trinajstić information content (AvgIpc) is 2.57. The first kappa shape index (κ1) is 14.7. The van der Waals surface area contributed by atoms with Crippen LogP contribution in [0, 0.1) is 6.92 Å². The fourth-order valence-corrected chi connectivity index (χ4v) is 1.96. The number of carbonyl (C=O) groups is 1. The molecule has 0 aliphatic heterocycles. The van der Waals surface area contributed by atoms with E-state index in [-0.39, 0.29) is 11.9 Å². The largest absolute Gasteiger partial charge is 0.353 e. The maximum Gasteiger partial charge on any atom is 0.234 e. The molecule has 0 aliphatic rings. The molecular formula is C13H24N4O. The van der Waals surface area contributed by atoms with Gasteiger partial charge in [0.25, 0.3) is 0 Å². The van der Waals surface area contributed by atoms with E-state index in [1.165, 1.54) is 0 Å². The fourth-order valence-electron chi connectivity index (χ4n) is 1.96. The third-order valence-electron chi connectivity index (χ3n) is 2.85. The summed E-state index contributed by atoms with van der Waals surface area (Å²) in [6.45, 7) is 7.15. The highest BCUT2D eigenvalue weighted by atomic mass is 16.1. The first-order valence-corrected chi connectivity index (χ1v) is 6.52. The van der Waals surface area contributed by atoms with Gasteiger partial charge in [0, 0.05) is 31.4 Å². The van der Waals surface area contributed by atoms with E-state index >= 15 is 0 Å². The SMILES string of the molecule is CCCC(C)NC(=O)CNCc1cn(C)nc1C. The topological polar surface area (TPSA) is 59.0 Å². The quantitative estimate of drug-likeness (QED) is 0.764. The van der Waals surface area contributed by atoms with Gasteiger partial charge in [-0.15, -0.1) is 0 Å². The van der Waals surface area contributed by atoms with Gasteiger partial charge >= 0.3 is 0 Å². The summed E-state index contributed by atoms with van der Waals surface area (Å²) in [4.78, 5) is 11.6. The molecule has 0 saturated carbocycles. The van der Waals surface area contributed by atoms with Crippen molar-refractivity contribution in [3.63, 3.8) is 0 Å². The second-order valence-corrected chi connectivity index (χ2v) is 4.77. The van der Waals surface area contributed by atoms with Gasteiger partial charge in [-0.3, -0.25) is 9.48 Å². The highest BCUT2D eigenvalue weighted by Gasteiger charge is 2.07. The highest BCUT2D eigenvalue weighted by Crippen LogP contribution is 2.03. The summed E-state index contributed by atoms with van der Waals surface area (Å²) in [5, 5.41) is 10.4. The lowest BCUT2D eigenvalue weighted by atomic mass is 10.2. The molecule has 1 unspecified atom stereocenters. The number of carbonyl (C=O) groups excluding carboxylic acids is 1. The number of aromatic nitrogens is 2. The third-order valence-corrected chi connectivity index (χ3v) is 2.85. The second-order valence-electron chi connectivity index (χ2n) is 4.77. The van der Waals surface area contributed by atoms with Crippen LogP contribution in [0.4, 0.5) is 0 Å². The lowest BCUT2D eigenvalue weighted by Crippen LogP contribution is -2.38. The molecule has 0 radical (unpaired) electrons. The van der Waals surface area contributed by atoms with Gasteiger partial charge in [-0.05, 0) is 20.3 Å². The third kappa shape index (κ3) is 4.87. The van der Waals surface area contributed by atoms with Crippen LogP contribution in [0.25, 0.3) is 0 Å². The lowest BCUT2D eigenvalue weighted by Gasteiger charge is -2.12. The minimum absolute atomic E-state index is 0.0532. The Morgan fingerprint density at radius 2 is 2.28 bits per heavy atom. The lowest BCUT2D eigenvalue weighted by molar-refractivity contribution is -0.120. The predicted molar refractivity (Wildman–Crippen MR) is 72.2 cm³/mol. The molecule has 102 valence electrons. The molecule has 0 aromatic carbocycles. The van der Waals surface area contributed by atoms with Gasteiger partial charge < -0.3 is 10.6 Å². The molecule has 0 bridgehead atoms. The molecule has 1 amide bonds. The Labute approximate surface area is 109 Å². The first-order valence-electron chi connectivity index (χ1n) is 6.52. The summed E-state index contributed by atoms with van der Waals surface area (Å²) < 4.78 is 1.79. The molecule has 0 aliphatic carbocycles. The van der Waals surface area contributed by atoms with Crippen LogP contribution in [0.5, 0.6) is 0 Å². The smallest absolute Gasteiger partial charge is 0.234 e. The van der Waals surface area contributed by atoms with Crippen molar-refractivity contribution in [3.8, 4) is 0 Å². The van der Waals surface area contributed by atoms with Crippen LogP contribution in [0.15, 0.2) is 6.20 Å². The number of rotatable bonds is 7. The molecule has 0 spiro atoms. The molecule has 1 rings (SSSR count). The summed E-state index contributed by atoms with van der Waals surface area (Å²) in [7, 11) is 1.90. The van der Waals surface area contributed by atoms with Crippen molar-refractivity contribution in [2.45, 2.75) is 46.2 Å². The van der Waals surface area contributed by atoms with Crippen molar-refractivity contribution >= 4 is 5.91 Å². The Morgan fingerprint density at radius 3 is 2.83 bits per heavy atom. The Kier molecular flexibility index (Phi) is 5.85. The van der Waals surface area contributed by atoms with E-state index in [1.807, 2.05) is 27.1 Å². The zero-order chi connectivity index (χ0) is 13.5. The molecule has 0 saturated heterocycles. The summed E-state index contributed by atoms with van der Waals surface area (Å²) in [5.41, 5.74) is 2.14. The minimum Gasteiger partial charge on any atom is -0.353 e. The van der Waals surface area contributed by atoms with Gasteiger partial charge in [0.15, 0.2) is 0 Å². The number of hydrogen-bond donors (Lipinski definition) is 2. The highest BCUT2D eigenvalue weighted by molar-refractivity contribution is 5.78. The Hall–Kier alpha value is -1.36. The zero-order valence-corrected chi connectivity index (χ0v) is 11.8. The number of nitrogens with one attached hydrogen (secondary N) is 2. The molecule has 1 aromatic rings. The molecule has 5 heteroatoms. The van der Waals surface area contributed by atoms with E-state index in [1.54, 1.807) is 4.68 Å². The molecular weight excluding hydrogens is 228 g/mol. The standard InChI is InChI=1S/C13H24N4O/c1-5-6-10(2)15-13(18)8-14-7-12-9-17(4)16-11(12)3/h9-10,14H,5-8H2,1-4H3,(H,15,18). The number of amides is 1. The van der Waals surface area contributed by atoms with Crippen molar-refractivity contribution in [2.24, 2.45) is 7.05 Å². The van der Waals surface area contributed by atoms with Gasteiger partial charge in [0.1, 0.15) is 0 Å². The average molecular weight is 252 g/mol. The van der Waals surface area contributed by atoms with E-state index in [0.717, 1.165) is 24.1 Å². The van der Waals surface area contributed by atoms with Crippen molar-refractivity contribution in [1.29, 1.82) is 0 Å². The predicted octanol–water partition coefficient (Wildman–Crippen LogP) is 1.12. The molecule has 2 N–H and O–H groups in total. The number of nitrogens with zero attached hydrogens (tertiary/aromatic N) is 2. The zero-order valence-electron chi connectivity index (χ0n) is 11.8. The number of hydrogen-bond acceptors (Lipinski definition) is 3. The fraction of sp³-hybridized carbons (Fsp3) is 0.692. The van der Waals surface area contributed by atoms with Crippen molar-refractivity contribution in [2.75, 3.05) is 6.54 Å². The van der Waals surface area contributed by atoms with Crippen LogP contribution in [0.2, 0.25) is 0 Å². The molecule has 5 nitrogen and oxygen atoms in total. The monoisotopic (exact) mass is 252 g/mol. The molecule has 1 heterocycles. The normalized spacial score (nSPS) is 12.4. The Bertz CT molecular complexity index is 386. The van der Waals surface area contributed by atoms with Crippen LogP contribution >= 0.6 is 0 Å². The first-order chi connectivity index (χ1) is 8.52. The van der Waals surface area contributed by atoms with Crippen LogP contribution in [-0.4, -0.2) is 28.3 Å². The van der Waals surface area contributed by atoms with E-state index in [9.17, 15) is 4.79 Å². The number of aryl methyl sites for hydroxylation is 2. The molecule has 1 aromatic heterocycles. The summed E-state index contributed by atoms with van der Waals surface area (Å²) >= 11 is 0. The van der Waals surface area contributed by atoms with Crippen molar-refractivity contribution in [3.05, 3.63) is 17.5 Å². The van der Waals surface area contributed by atoms with Gasteiger partial charge in [-0.1, -0.05) is 13.3 Å². The summed E-state index contributed by atoms with van der Waals surface area (Å²) in [6.07, 6.45) is 4.08. The van der Waals surface area contributed by atoms with Gasteiger partial charge in [-0.25, -0.2) is 0 Å². The minimum atomic E-state index is 0.0532. The maximum atomic E-state index is 11.6. The molecule has 18 heavy (non-hydrogen) atoms. The van der Waals surface area contributed by atoms with Gasteiger partial charge in [-0.2, -0.15) is 5.10 Å². The van der Waals surface area contributed by atoms with E-state index in [2.05, 4.69) is 22.7 Å². The maximum absolute atomic E-state index is 11.6. The van der Waals surface area contributed by atoms with E-state index in [0.29, 0.717) is 13.1 Å². The van der Waals surface area contributed by atoms with E-state index in [4.69, 9.17) is 0 Å². The molecule has 0 fully saturated rings. The van der Waals surface area contributed by atoms with Crippen LogP contribution in [-0.2, 0) is 18.4 Å². The van der Waals surface area contributed by atoms with Crippen LogP contribution < -0.4 is 10.6 Å². The van der Waals surface area contributed by atoms with E-state index < -0.39 is 0 Å². The van der Waals surface area contributed by atoms with Crippen LogP contribution in [0.3, 0.4) is 0 Å². The van der Waals surface area contributed by atoms with Crippen molar-refractivity contribution < 1.29 is 4.79 Å². The van der Waals surface area contributed by atoms with Gasteiger partial charge in [0.05, 0.1) is 12.2 Å². The molecule has 1 atom stereocenters. The Balaban J connectivity index is 2.25. The second kappa shape index (κ2) is 7.16. The summed E-state index contributed by atoms with van der Waals surface area (Å²) in [6, 6.07) is 0.254. The van der Waals surface area contributed by atoms with Gasteiger partial charge in [0.2, 0.25) is 5.91 Å².